The summed E-state index contributed by atoms with van der Waals surface area (Å²) in [5.74, 6) is 1.14. The van der Waals surface area contributed by atoms with Gasteiger partial charge in [-0.1, -0.05) is 45.4 Å². The highest BCUT2D eigenvalue weighted by Crippen LogP contribution is 2.28. The number of nitrogens with one attached hydrogen (secondary N) is 1. The van der Waals surface area contributed by atoms with Gasteiger partial charge >= 0.3 is 0 Å². The first kappa shape index (κ1) is 24.3. The summed E-state index contributed by atoms with van der Waals surface area (Å²) in [6.07, 6.45) is 10.2. The number of phenolic OH excluding ortho intramolecular Hbond substituents is 1. The van der Waals surface area contributed by atoms with Crippen LogP contribution in [0, 0.1) is 0 Å². The van der Waals surface area contributed by atoms with Crippen molar-refractivity contribution in [2.75, 3.05) is 13.2 Å². The Morgan fingerprint density at radius 3 is 2.35 bits per heavy atom. The average Bonchev–Trinajstić information content (AvgIpc) is 2.77. The molecule has 0 heterocycles. The van der Waals surface area contributed by atoms with Crippen molar-refractivity contribution in [3.8, 4) is 17.2 Å². The number of carbonyl (C=O) groups is 1. The minimum atomic E-state index is -0.351. The van der Waals surface area contributed by atoms with Crippen molar-refractivity contribution in [2.45, 2.75) is 58.8 Å². The first-order valence-corrected chi connectivity index (χ1v) is 11.2. The van der Waals surface area contributed by atoms with E-state index >= 15 is 0 Å². The van der Waals surface area contributed by atoms with Gasteiger partial charge in [0.15, 0.2) is 11.5 Å². The molecule has 0 radical (unpaired) electrons. The molecule has 31 heavy (non-hydrogen) atoms. The Morgan fingerprint density at radius 1 is 0.935 bits per heavy atom. The quantitative estimate of drug-likeness (QED) is 0.231. The molecule has 0 unspecified atom stereocenters. The monoisotopic (exact) mass is 426 g/mol. The number of rotatable bonds is 14. The highest BCUT2D eigenvalue weighted by molar-refractivity contribution is 5.95. The van der Waals surface area contributed by atoms with E-state index in [0.717, 1.165) is 17.7 Å². The molecular formula is C25H34N2O4. The molecule has 2 N–H and O–H groups in total. The fourth-order valence-electron chi connectivity index (χ4n) is 3.08. The second-order valence-corrected chi connectivity index (χ2v) is 7.35. The lowest BCUT2D eigenvalue weighted by molar-refractivity contribution is 0.0955. The zero-order valence-corrected chi connectivity index (χ0v) is 18.6. The van der Waals surface area contributed by atoms with Crippen molar-refractivity contribution in [2.24, 2.45) is 5.10 Å². The summed E-state index contributed by atoms with van der Waals surface area (Å²) in [4.78, 5) is 12.1. The van der Waals surface area contributed by atoms with Crippen LogP contribution in [-0.4, -0.2) is 30.4 Å². The van der Waals surface area contributed by atoms with Crippen LogP contribution in [0.3, 0.4) is 0 Å². The van der Waals surface area contributed by atoms with Crippen LogP contribution in [-0.2, 0) is 0 Å². The maximum Gasteiger partial charge on any atom is 0.271 e. The lowest BCUT2D eigenvalue weighted by atomic mass is 10.1. The van der Waals surface area contributed by atoms with Gasteiger partial charge in [-0.05, 0) is 61.4 Å². The Balaban J connectivity index is 1.83. The van der Waals surface area contributed by atoms with Gasteiger partial charge in [0.2, 0.25) is 0 Å². The maximum atomic E-state index is 12.1. The van der Waals surface area contributed by atoms with Crippen molar-refractivity contribution < 1.29 is 19.4 Å². The van der Waals surface area contributed by atoms with Crippen LogP contribution in [0.2, 0.25) is 0 Å². The van der Waals surface area contributed by atoms with Gasteiger partial charge in [0, 0.05) is 5.56 Å². The molecule has 2 aromatic rings. The lowest BCUT2D eigenvalue weighted by Crippen LogP contribution is -2.17. The molecule has 0 spiro atoms. The first-order chi connectivity index (χ1) is 15.1. The number of carbonyl (C=O) groups excluding carboxylic acids is 1. The van der Waals surface area contributed by atoms with Crippen LogP contribution in [0.25, 0.3) is 0 Å². The van der Waals surface area contributed by atoms with E-state index in [1.165, 1.54) is 62.8 Å². The summed E-state index contributed by atoms with van der Waals surface area (Å²) in [7, 11) is 0. The minimum absolute atomic E-state index is 0.109. The van der Waals surface area contributed by atoms with Gasteiger partial charge in [-0.3, -0.25) is 4.79 Å². The molecule has 2 aromatic carbocycles. The number of nitrogens with zero attached hydrogens (tertiary/aromatic N) is 1. The van der Waals surface area contributed by atoms with Crippen LogP contribution in [0.4, 0.5) is 0 Å². The Hall–Kier alpha value is -3.02. The summed E-state index contributed by atoms with van der Waals surface area (Å²) >= 11 is 0. The third-order valence-corrected chi connectivity index (χ3v) is 4.78. The number of benzene rings is 2. The fraction of sp³-hybridized carbons (Fsp3) is 0.440. The third-order valence-electron chi connectivity index (χ3n) is 4.78. The van der Waals surface area contributed by atoms with E-state index in [9.17, 15) is 9.90 Å². The van der Waals surface area contributed by atoms with Crippen LogP contribution < -0.4 is 14.9 Å². The SMILES string of the molecule is CCCCCCCCCOc1ccc(/C=N\NC(=O)c2ccc(O)cc2)cc1OCC. The van der Waals surface area contributed by atoms with Crippen molar-refractivity contribution in [3.05, 3.63) is 53.6 Å². The van der Waals surface area contributed by atoms with E-state index in [1.54, 1.807) is 6.21 Å². The number of phenols is 1. The van der Waals surface area contributed by atoms with Gasteiger partial charge in [-0.2, -0.15) is 5.10 Å². The molecule has 6 nitrogen and oxygen atoms in total. The minimum Gasteiger partial charge on any atom is -0.508 e. The topological polar surface area (TPSA) is 80.2 Å². The van der Waals surface area contributed by atoms with Gasteiger partial charge in [0.05, 0.1) is 19.4 Å². The molecule has 0 saturated heterocycles. The van der Waals surface area contributed by atoms with Crippen LogP contribution >= 0.6 is 0 Å². The fourth-order valence-corrected chi connectivity index (χ4v) is 3.08. The van der Waals surface area contributed by atoms with Crippen LogP contribution in [0.1, 0.15) is 74.7 Å². The molecule has 0 fully saturated rings. The number of hydrogen-bond donors (Lipinski definition) is 2. The smallest absolute Gasteiger partial charge is 0.271 e. The maximum absolute atomic E-state index is 12.1. The normalized spacial score (nSPS) is 10.9. The zero-order valence-electron chi connectivity index (χ0n) is 18.6. The Kier molecular flexibility index (Phi) is 11.0. The molecule has 0 aliphatic heterocycles. The summed E-state index contributed by atoms with van der Waals surface area (Å²) in [5, 5.41) is 13.3. The summed E-state index contributed by atoms with van der Waals surface area (Å²) in [5.41, 5.74) is 3.68. The molecule has 168 valence electrons. The first-order valence-electron chi connectivity index (χ1n) is 11.2. The van der Waals surface area contributed by atoms with Gasteiger partial charge in [-0.15, -0.1) is 0 Å². The standard InChI is InChI=1S/C25H34N2O4/c1-3-5-6-7-8-9-10-17-31-23-16-11-20(18-24(23)30-4-2)19-26-27-25(29)21-12-14-22(28)15-13-21/h11-16,18-19,28H,3-10,17H2,1-2H3,(H,27,29)/b26-19-. The number of aromatic hydroxyl groups is 1. The molecule has 0 aromatic heterocycles. The second kappa shape index (κ2) is 14.1. The van der Waals surface area contributed by atoms with Crippen molar-refractivity contribution in [3.63, 3.8) is 0 Å². The number of unbranched alkanes of at least 4 members (excludes halogenated alkanes) is 6. The number of hydrazone groups is 1. The van der Waals surface area contributed by atoms with E-state index in [0.29, 0.717) is 24.5 Å². The third kappa shape index (κ3) is 9.11. The second-order valence-electron chi connectivity index (χ2n) is 7.35. The largest absolute Gasteiger partial charge is 0.508 e. The predicted octanol–water partition coefficient (Wildman–Crippen LogP) is 5.68. The van der Waals surface area contributed by atoms with E-state index in [1.807, 2.05) is 25.1 Å². The van der Waals surface area contributed by atoms with Crippen LogP contribution in [0.15, 0.2) is 47.6 Å². The molecule has 0 aliphatic rings. The zero-order chi connectivity index (χ0) is 22.3. The molecule has 0 bridgehead atoms. The highest BCUT2D eigenvalue weighted by Gasteiger charge is 2.07. The summed E-state index contributed by atoms with van der Waals surface area (Å²) in [6.45, 7) is 5.36. The predicted molar refractivity (Wildman–Crippen MR) is 124 cm³/mol. The van der Waals surface area contributed by atoms with E-state index in [4.69, 9.17) is 9.47 Å². The number of hydrogen-bond acceptors (Lipinski definition) is 5. The van der Waals surface area contributed by atoms with Crippen molar-refractivity contribution >= 4 is 12.1 Å². The molecule has 0 aliphatic carbocycles. The van der Waals surface area contributed by atoms with Crippen LogP contribution in [0.5, 0.6) is 17.2 Å². The number of ether oxygens (including phenoxy) is 2. The average molecular weight is 427 g/mol. The molecular weight excluding hydrogens is 392 g/mol. The summed E-state index contributed by atoms with van der Waals surface area (Å²) in [6, 6.07) is 11.6. The van der Waals surface area contributed by atoms with Gasteiger partial charge in [-0.25, -0.2) is 5.43 Å². The van der Waals surface area contributed by atoms with Gasteiger partial charge in [0.25, 0.3) is 5.91 Å². The van der Waals surface area contributed by atoms with E-state index in [2.05, 4.69) is 17.5 Å². The van der Waals surface area contributed by atoms with Gasteiger partial charge in [0.1, 0.15) is 5.75 Å². The summed E-state index contributed by atoms with van der Waals surface area (Å²) < 4.78 is 11.6. The Labute approximate surface area is 185 Å². The van der Waals surface area contributed by atoms with E-state index < -0.39 is 0 Å². The molecule has 6 heteroatoms. The lowest BCUT2D eigenvalue weighted by Gasteiger charge is -2.12. The van der Waals surface area contributed by atoms with E-state index in [-0.39, 0.29) is 11.7 Å². The molecule has 2 rings (SSSR count). The number of amides is 1. The van der Waals surface area contributed by atoms with Gasteiger partial charge < -0.3 is 14.6 Å². The molecule has 0 saturated carbocycles. The highest BCUT2D eigenvalue weighted by atomic mass is 16.5. The Bertz CT molecular complexity index is 819. The van der Waals surface area contributed by atoms with Crippen molar-refractivity contribution in [1.29, 1.82) is 0 Å². The molecule has 1 amide bonds. The molecule has 0 atom stereocenters. The van der Waals surface area contributed by atoms with Crippen molar-refractivity contribution in [1.82, 2.24) is 5.43 Å². The Morgan fingerprint density at radius 2 is 1.65 bits per heavy atom.